The number of hydrogen-bond acceptors (Lipinski definition) is 3. The normalized spacial score (nSPS) is 21.2. The summed E-state index contributed by atoms with van der Waals surface area (Å²) >= 11 is 0. The number of likely N-dealkylation sites (N-methyl/N-ethyl adjacent to an activating group) is 1. The molecule has 0 bridgehead atoms. The number of likely N-dealkylation sites (tertiary alicyclic amines) is 1. The monoisotopic (exact) mass is 672 g/mol. The molecule has 0 aliphatic carbocycles. The summed E-state index contributed by atoms with van der Waals surface area (Å²) < 4.78 is 13.5. The van der Waals surface area contributed by atoms with Crippen LogP contribution in [0.25, 0.3) is 0 Å². The van der Waals surface area contributed by atoms with E-state index in [9.17, 15) is 0 Å². The van der Waals surface area contributed by atoms with Crippen LogP contribution in [0.2, 0.25) is 0 Å². The summed E-state index contributed by atoms with van der Waals surface area (Å²) in [6.45, 7) is 14.9. The van der Waals surface area contributed by atoms with Gasteiger partial charge >= 0.3 is 0 Å². The number of ether oxygens (including phenoxy) is 2. The fourth-order valence-corrected chi connectivity index (χ4v) is 6.54. The van der Waals surface area contributed by atoms with Crippen molar-refractivity contribution < 1.29 is 9.47 Å². The number of nitrogens with zero attached hydrogens (tertiary/aromatic N) is 1. The summed E-state index contributed by atoms with van der Waals surface area (Å²) in [5.74, 6) is -0.313. The first-order chi connectivity index (χ1) is 23.6. The Labute approximate surface area is 302 Å². The smallest absolute Gasteiger partial charge is 0.169 e. The summed E-state index contributed by atoms with van der Waals surface area (Å²) in [6.07, 6.45) is 50.7. The molecule has 3 nitrogen and oxygen atoms in total. The van der Waals surface area contributed by atoms with E-state index < -0.39 is 0 Å². The zero-order chi connectivity index (χ0) is 35.4. The van der Waals surface area contributed by atoms with Crippen LogP contribution in [-0.4, -0.2) is 43.0 Å². The van der Waals surface area contributed by atoms with Crippen LogP contribution < -0.4 is 0 Å². The van der Waals surface area contributed by atoms with E-state index in [1.54, 1.807) is 0 Å². The molecule has 2 saturated heterocycles. The van der Waals surface area contributed by atoms with Gasteiger partial charge in [0.15, 0.2) is 5.79 Å². The highest BCUT2D eigenvalue weighted by molar-refractivity contribution is 4.94. The quantitative estimate of drug-likeness (QED) is 0.0641. The van der Waals surface area contributed by atoms with Crippen LogP contribution in [0, 0.1) is 0 Å². The Hall–Kier alpha value is -1.16. The molecule has 0 saturated carbocycles. The van der Waals surface area contributed by atoms with Gasteiger partial charge in [-0.05, 0) is 84.1 Å². The van der Waals surface area contributed by atoms with Gasteiger partial charge in [0.2, 0.25) is 0 Å². The number of allylic oxidation sites excluding steroid dienone is 8. The van der Waals surface area contributed by atoms with Crippen LogP contribution in [0.5, 0.6) is 0 Å². The minimum absolute atomic E-state index is 0.272. The van der Waals surface area contributed by atoms with Crippen molar-refractivity contribution in [1.29, 1.82) is 0 Å². The maximum atomic E-state index is 6.77. The van der Waals surface area contributed by atoms with Crippen LogP contribution in [0.15, 0.2) is 48.6 Å². The molecular formula is C45H85NO2. The lowest BCUT2D eigenvalue weighted by Crippen LogP contribution is -2.43. The predicted molar refractivity (Wildman–Crippen MR) is 216 cm³/mol. The minimum Gasteiger partial charge on any atom is -0.344 e. The second-order valence-electron chi connectivity index (χ2n) is 14.1. The number of piperidine rings is 1. The molecule has 2 heterocycles. The molecule has 2 fully saturated rings. The van der Waals surface area contributed by atoms with Crippen molar-refractivity contribution >= 4 is 0 Å². The molecule has 2 rings (SSSR count). The van der Waals surface area contributed by atoms with E-state index in [2.05, 4.69) is 88.3 Å². The first-order valence-corrected chi connectivity index (χ1v) is 21.2. The van der Waals surface area contributed by atoms with E-state index in [1.807, 2.05) is 13.8 Å². The largest absolute Gasteiger partial charge is 0.344 e. The van der Waals surface area contributed by atoms with E-state index in [0.29, 0.717) is 6.10 Å². The van der Waals surface area contributed by atoms with Gasteiger partial charge in [-0.3, -0.25) is 0 Å². The third-order valence-corrected chi connectivity index (χ3v) is 9.21. The molecule has 0 amide bonds. The SMILES string of the molecule is CC.CC/C=C\C/C=C\CCCCCCCCC1(CCCCCCCC/C=C\C/C=C\CCCCC)OC2CCN(C)CC2O1.CCC. The fourth-order valence-electron chi connectivity index (χ4n) is 6.54. The van der Waals surface area contributed by atoms with Crippen molar-refractivity contribution in [1.82, 2.24) is 4.90 Å². The van der Waals surface area contributed by atoms with Crippen molar-refractivity contribution in [3.8, 4) is 0 Å². The molecule has 3 unspecified atom stereocenters. The van der Waals surface area contributed by atoms with Crippen LogP contribution >= 0.6 is 0 Å². The van der Waals surface area contributed by atoms with Crippen molar-refractivity contribution in [2.45, 2.75) is 220 Å². The predicted octanol–water partition coefficient (Wildman–Crippen LogP) is 14.5. The first-order valence-electron chi connectivity index (χ1n) is 21.2. The van der Waals surface area contributed by atoms with Crippen molar-refractivity contribution in [2.24, 2.45) is 0 Å². The third-order valence-electron chi connectivity index (χ3n) is 9.21. The van der Waals surface area contributed by atoms with Gasteiger partial charge in [-0.15, -0.1) is 0 Å². The molecular weight excluding hydrogens is 587 g/mol. The van der Waals surface area contributed by atoms with E-state index in [1.165, 1.54) is 122 Å². The van der Waals surface area contributed by atoms with Crippen LogP contribution in [-0.2, 0) is 9.47 Å². The molecule has 0 aromatic heterocycles. The Bertz CT molecular complexity index is 771. The molecule has 0 aromatic rings. The fraction of sp³-hybridized carbons (Fsp3) is 0.822. The van der Waals surface area contributed by atoms with Gasteiger partial charge in [-0.2, -0.15) is 0 Å². The molecule has 48 heavy (non-hydrogen) atoms. The molecule has 0 aromatic carbocycles. The summed E-state index contributed by atoms with van der Waals surface area (Å²) in [4.78, 5) is 2.41. The highest BCUT2D eigenvalue weighted by Gasteiger charge is 2.48. The molecule has 2 aliphatic rings. The Morgan fingerprint density at radius 3 is 1.44 bits per heavy atom. The van der Waals surface area contributed by atoms with Crippen molar-refractivity contribution in [3.63, 3.8) is 0 Å². The van der Waals surface area contributed by atoms with Crippen LogP contribution in [0.3, 0.4) is 0 Å². The number of unbranched alkanes of at least 4 members (excludes halogenated alkanes) is 15. The van der Waals surface area contributed by atoms with Gasteiger partial charge in [-0.25, -0.2) is 0 Å². The van der Waals surface area contributed by atoms with Crippen LogP contribution in [0.1, 0.15) is 202 Å². The lowest BCUT2D eigenvalue weighted by atomic mass is 9.98. The van der Waals surface area contributed by atoms with E-state index in [0.717, 1.165) is 51.6 Å². The average molecular weight is 672 g/mol. The topological polar surface area (TPSA) is 21.7 Å². The molecule has 282 valence electrons. The van der Waals surface area contributed by atoms with Gasteiger partial charge in [0.25, 0.3) is 0 Å². The molecule has 0 radical (unpaired) electrons. The minimum atomic E-state index is -0.313. The lowest BCUT2D eigenvalue weighted by molar-refractivity contribution is -0.185. The molecule has 2 aliphatic heterocycles. The number of hydrogen-bond donors (Lipinski definition) is 0. The Kier molecular flexibility index (Phi) is 34.8. The Balaban J connectivity index is 0.00000417. The molecule has 0 N–H and O–H groups in total. The Morgan fingerprint density at radius 2 is 0.958 bits per heavy atom. The standard InChI is InChI=1S/C40H71NO2.C3H8.C2H6/c1-4-6-8-10-12-14-16-18-19-20-22-24-26-28-30-32-35-40(42-38-33-36-41(3)37-39(38)43-40)34-31-29-27-25-23-21-17-15-13-11-9-7-5-2;1-3-2;1-2/h7,9,12-15,18-19,38-39H,4-6,8,10-11,16-17,20-37H2,1-3H3;3H2,1-2H3;1-2H3/b9-7-,14-12-,15-13-,19-18-;;. The highest BCUT2D eigenvalue weighted by Crippen LogP contribution is 2.40. The van der Waals surface area contributed by atoms with Crippen molar-refractivity contribution in [3.05, 3.63) is 48.6 Å². The van der Waals surface area contributed by atoms with E-state index in [-0.39, 0.29) is 11.9 Å². The van der Waals surface area contributed by atoms with Crippen LogP contribution in [0.4, 0.5) is 0 Å². The summed E-state index contributed by atoms with van der Waals surface area (Å²) in [5.41, 5.74) is 0. The van der Waals surface area contributed by atoms with Crippen molar-refractivity contribution in [2.75, 3.05) is 20.1 Å². The molecule has 3 heteroatoms. The lowest BCUT2D eigenvalue weighted by Gasteiger charge is -2.29. The van der Waals surface area contributed by atoms with Gasteiger partial charge in [-0.1, -0.05) is 161 Å². The maximum absolute atomic E-state index is 6.77. The van der Waals surface area contributed by atoms with E-state index in [4.69, 9.17) is 9.47 Å². The summed E-state index contributed by atoms with van der Waals surface area (Å²) in [6, 6.07) is 0. The summed E-state index contributed by atoms with van der Waals surface area (Å²) in [5, 5.41) is 0. The molecule has 3 atom stereocenters. The van der Waals surface area contributed by atoms with E-state index >= 15 is 0 Å². The number of rotatable bonds is 27. The summed E-state index contributed by atoms with van der Waals surface area (Å²) in [7, 11) is 2.22. The van der Waals surface area contributed by atoms with Gasteiger partial charge in [0, 0.05) is 25.9 Å². The second-order valence-corrected chi connectivity index (χ2v) is 14.1. The first kappa shape index (κ1) is 46.8. The van der Waals surface area contributed by atoms with Gasteiger partial charge in [0.05, 0.1) is 12.2 Å². The average Bonchev–Trinajstić information content (AvgIpc) is 3.45. The maximum Gasteiger partial charge on any atom is 0.169 e. The second kappa shape index (κ2) is 35.7. The molecule has 0 spiro atoms. The van der Waals surface area contributed by atoms with Gasteiger partial charge in [0.1, 0.15) is 0 Å². The van der Waals surface area contributed by atoms with Gasteiger partial charge < -0.3 is 14.4 Å². The highest BCUT2D eigenvalue weighted by atomic mass is 16.8. The zero-order valence-electron chi connectivity index (χ0n) is 33.6. The Morgan fingerprint density at radius 1 is 0.542 bits per heavy atom. The third kappa shape index (κ3) is 26.7. The number of fused-ring (bicyclic) bond motifs is 1. The zero-order valence-corrected chi connectivity index (χ0v) is 33.6.